The first-order valence-corrected chi connectivity index (χ1v) is 9.06. The van der Waals surface area contributed by atoms with E-state index < -0.39 is 0 Å². The predicted molar refractivity (Wildman–Crippen MR) is 90.3 cm³/mol. The van der Waals surface area contributed by atoms with Gasteiger partial charge in [-0.2, -0.15) is 0 Å². The van der Waals surface area contributed by atoms with E-state index in [9.17, 15) is 9.18 Å². The maximum atomic E-state index is 13.3. The predicted octanol–water partition coefficient (Wildman–Crippen LogP) is 2.56. The van der Waals surface area contributed by atoms with Gasteiger partial charge in [-0.15, -0.1) is 11.3 Å². The number of hydrogen-bond donors (Lipinski definition) is 1. The number of aromatic nitrogens is 2. The van der Waals surface area contributed by atoms with Crippen LogP contribution in [-0.2, 0) is 0 Å². The Hall–Kier alpha value is -1.86. The van der Waals surface area contributed by atoms with E-state index in [2.05, 4.69) is 27.1 Å². The lowest BCUT2D eigenvalue weighted by Crippen LogP contribution is -2.62. The Morgan fingerprint density at radius 1 is 1.38 bits per heavy atom. The molecule has 0 spiro atoms. The van der Waals surface area contributed by atoms with Gasteiger partial charge in [0.2, 0.25) is 0 Å². The van der Waals surface area contributed by atoms with Crippen LogP contribution < -0.4 is 5.32 Å². The Kier molecular flexibility index (Phi) is 4.05. The first-order valence-electron chi connectivity index (χ1n) is 8.24. The van der Waals surface area contributed by atoms with Crippen molar-refractivity contribution in [3.05, 3.63) is 35.4 Å². The highest BCUT2D eigenvalue weighted by atomic mass is 32.1. The van der Waals surface area contributed by atoms with Gasteiger partial charge in [-0.3, -0.25) is 14.7 Å². The van der Waals surface area contributed by atoms with Crippen molar-refractivity contribution >= 4 is 17.2 Å². The molecule has 2 bridgehead atoms. The van der Waals surface area contributed by atoms with Gasteiger partial charge in [0.25, 0.3) is 5.91 Å². The summed E-state index contributed by atoms with van der Waals surface area (Å²) in [4.78, 5) is 24.0. The van der Waals surface area contributed by atoms with Gasteiger partial charge in [-0.25, -0.2) is 9.37 Å². The third kappa shape index (κ3) is 2.82. The number of hydrogen-bond acceptors (Lipinski definition) is 5. The minimum absolute atomic E-state index is 0.145. The lowest BCUT2D eigenvalue weighted by atomic mass is 9.79. The summed E-state index contributed by atoms with van der Waals surface area (Å²) in [6.45, 7) is 4.44. The van der Waals surface area contributed by atoms with Crippen LogP contribution in [0.5, 0.6) is 0 Å². The maximum Gasteiger partial charge on any atom is 0.280 e. The minimum atomic E-state index is -0.347. The zero-order valence-electron chi connectivity index (χ0n) is 13.4. The standard InChI is InChI=1S/C17H19FN4OS/c1-10-15(11-3-6-22(10)7-4-11)21-16(23)17-20-9-14(24-17)13-8-12(18)2-5-19-13/h2,5,8-11,15H,3-4,6-7H2,1H3,(H,21,23). The van der Waals surface area contributed by atoms with Gasteiger partial charge in [0.1, 0.15) is 5.82 Å². The zero-order valence-corrected chi connectivity index (χ0v) is 14.2. The Balaban J connectivity index is 1.49. The van der Waals surface area contributed by atoms with Gasteiger partial charge in [0.15, 0.2) is 5.01 Å². The number of halogens is 1. The molecule has 3 aliphatic heterocycles. The Morgan fingerprint density at radius 3 is 2.88 bits per heavy atom. The van der Waals surface area contributed by atoms with Crippen molar-refractivity contribution < 1.29 is 9.18 Å². The van der Waals surface area contributed by atoms with Crippen molar-refractivity contribution in [1.82, 2.24) is 20.2 Å². The molecule has 1 N–H and O–H groups in total. The van der Waals surface area contributed by atoms with E-state index in [1.165, 1.54) is 29.7 Å². The van der Waals surface area contributed by atoms with E-state index in [0.29, 0.717) is 27.5 Å². The molecule has 2 unspecified atom stereocenters. The number of nitrogens with one attached hydrogen (secondary N) is 1. The molecule has 0 aromatic carbocycles. The number of piperidine rings is 3. The van der Waals surface area contributed by atoms with E-state index in [0.717, 1.165) is 25.9 Å². The highest BCUT2D eigenvalue weighted by Crippen LogP contribution is 2.32. The first kappa shape index (κ1) is 15.7. The van der Waals surface area contributed by atoms with Crippen LogP contribution in [0.1, 0.15) is 29.6 Å². The van der Waals surface area contributed by atoms with Crippen LogP contribution in [0.25, 0.3) is 10.6 Å². The van der Waals surface area contributed by atoms with Gasteiger partial charge < -0.3 is 5.32 Å². The van der Waals surface area contributed by atoms with Crippen molar-refractivity contribution in [2.45, 2.75) is 31.8 Å². The van der Waals surface area contributed by atoms with Crippen LogP contribution in [0.3, 0.4) is 0 Å². The molecule has 2 atom stereocenters. The van der Waals surface area contributed by atoms with Crippen LogP contribution in [0, 0.1) is 11.7 Å². The van der Waals surface area contributed by atoms with Crippen molar-refractivity contribution in [2.75, 3.05) is 13.1 Å². The molecule has 1 amide bonds. The zero-order chi connectivity index (χ0) is 16.7. The summed E-state index contributed by atoms with van der Waals surface area (Å²) in [5, 5.41) is 3.57. The first-order chi connectivity index (χ1) is 11.6. The summed E-state index contributed by atoms with van der Waals surface area (Å²) in [5.41, 5.74) is 0.503. The number of carbonyl (C=O) groups is 1. The fourth-order valence-electron chi connectivity index (χ4n) is 3.80. The highest BCUT2D eigenvalue weighted by molar-refractivity contribution is 7.16. The van der Waals surface area contributed by atoms with Crippen LogP contribution in [0.2, 0.25) is 0 Å². The molecule has 5 heterocycles. The van der Waals surface area contributed by atoms with E-state index in [4.69, 9.17) is 0 Å². The molecule has 0 radical (unpaired) electrons. The van der Waals surface area contributed by atoms with Gasteiger partial charge >= 0.3 is 0 Å². The lowest BCUT2D eigenvalue weighted by Gasteiger charge is -2.49. The van der Waals surface area contributed by atoms with Crippen molar-refractivity contribution in [3.8, 4) is 10.6 Å². The largest absolute Gasteiger partial charge is 0.345 e. The van der Waals surface area contributed by atoms with Gasteiger partial charge in [-0.05, 0) is 44.8 Å². The summed E-state index contributed by atoms with van der Waals surface area (Å²) in [5.74, 6) is 0.0621. The second kappa shape index (κ2) is 6.22. The molecule has 5 nitrogen and oxygen atoms in total. The van der Waals surface area contributed by atoms with Gasteiger partial charge in [0, 0.05) is 30.5 Å². The molecule has 0 saturated carbocycles. The third-order valence-electron chi connectivity index (χ3n) is 5.15. The molecule has 5 rings (SSSR count). The van der Waals surface area contributed by atoms with Crippen molar-refractivity contribution in [1.29, 1.82) is 0 Å². The highest BCUT2D eigenvalue weighted by Gasteiger charge is 2.40. The fraction of sp³-hybridized carbons (Fsp3) is 0.471. The molecular formula is C17H19FN4OS. The summed E-state index contributed by atoms with van der Waals surface area (Å²) in [6, 6.07) is 3.20. The number of amides is 1. The SMILES string of the molecule is CC1C(NC(=O)c2ncc(-c3cc(F)ccn3)s2)C2CCN1CC2. The van der Waals surface area contributed by atoms with Crippen LogP contribution in [0.15, 0.2) is 24.5 Å². The molecular weight excluding hydrogens is 327 g/mol. The number of pyridine rings is 1. The molecule has 7 heteroatoms. The van der Waals surface area contributed by atoms with Crippen molar-refractivity contribution in [2.24, 2.45) is 5.92 Å². The number of nitrogens with zero attached hydrogens (tertiary/aromatic N) is 3. The molecule has 0 aliphatic carbocycles. The molecule has 2 aromatic heterocycles. The molecule has 126 valence electrons. The van der Waals surface area contributed by atoms with Crippen LogP contribution in [0.4, 0.5) is 4.39 Å². The Bertz CT molecular complexity index is 755. The average molecular weight is 346 g/mol. The smallest absolute Gasteiger partial charge is 0.280 e. The average Bonchev–Trinajstić information content (AvgIpc) is 3.09. The van der Waals surface area contributed by atoms with E-state index in [1.54, 1.807) is 6.20 Å². The quantitative estimate of drug-likeness (QED) is 0.928. The van der Waals surface area contributed by atoms with Gasteiger partial charge in [0.05, 0.1) is 10.6 Å². The van der Waals surface area contributed by atoms with Gasteiger partial charge in [-0.1, -0.05) is 0 Å². The third-order valence-corrected chi connectivity index (χ3v) is 6.17. The molecule has 3 aliphatic rings. The lowest BCUT2D eigenvalue weighted by molar-refractivity contribution is 0.0217. The monoisotopic (exact) mass is 346 g/mol. The molecule has 24 heavy (non-hydrogen) atoms. The van der Waals surface area contributed by atoms with Crippen LogP contribution in [-0.4, -0.2) is 45.9 Å². The topological polar surface area (TPSA) is 58.1 Å². The summed E-state index contributed by atoms with van der Waals surface area (Å²) >= 11 is 1.25. The number of rotatable bonds is 3. The Labute approximate surface area is 143 Å². The summed E-state index contributed by atoms with van der Waals surface area (Å²) < 4.78 is 13.3. The number of thiazole rings is 1. The Morgan fingerprint density at radius 2 is 2.17 bits per heavy atom. The molecule has 3 fully saturated rings. The minimum Gasteiger partial charge on any atom is -0.345 e. The van der Waals surface area contributed by atoms with E-state index >= 15 is 0 Å². The second-order valence-electron chi connectivity index (χ2n) is 6.50. The normalized spacial score (nSPS) is 28.8. The maximum absolute atomic E-state index is 13.3. The molecule has 2 aromatic rings. The second-order valence-corrected chi connectivity index (χ2v) is 7.53. The molecule has 3 saturated heterocycles. The van der Waals surface area contributed by atoms with Crippen molar-refractivity contribution in [3.63, 3.8) is 0 Å². The fourth-order valence-corrected chi connectivity index (χ4v) is 4.58. The number of carbonyl (C=O) groups excluding carboxylic acids is 1. The summed E-state index contributed by atoms with van der Waals surface area (Å²) in [6.07, 6.45) is 5.29. The number of fused-ring (bicyclic) bond motifs is 3. The van der Waals surface area contributed by atoms with E-state index in [1.807, 2.05) is 0 Å². The van der Waals surface area contributed by atoms with E-state index in [-0.39, 0.29) is 17.8 Å². The van der Waals surface area contributed by atoms with Crippen LogP contribution >= 0.6 is 11.3 Å². The summed E-state index contributed by atoms with van der Waals surface area (Å²) in [7, 11) is 0.